The molecule has 1 amide bonds. The molecule has 1 aliphatic rings. The summed E-state index contributed by atoms with van der Waals surface area (Å²) >= 11 is 0. The Hall–Kier alpha value is -3.29. The van der Waals surface area contributed by atoms with Gasteiger partial charge in [-0.25, -0.2) is 14.3 Å². The van der Waals surface area contributed by atoms with Gasteiger partial charge in [0, 0.05) is 24.9 Å². The van der Waals surface area contributed by atoms with Crippen molar-refractivity contribution in [2.24, 2.45) is 0 Å². The predicted octanol–water partition coefficient (Wildman–Crippen LogP) is 1.08. The lowest BCUT2D eigenvalue weighted by Crippen LogP contribution is -2.49. The van der Waals surface area contributed by atoms with E-state index in [2.05, 4.69) is 15.1 Å². The summed E-state index contributed by atoms with van der Waals surface area (Å²) in [7, 11) is 0. The van der Waals surface area contributed by atoms with Crippen LogP contribution < -0.4 is 0 Å². The molecule has 0 spiro atoms. The number of benzene rings is 1. The summed E-state index contributed by atoms with van der Waals surface area (Å²) in [6.07, 6.45) is 1.85. The van der Waals surface area contributed by atoms with Crippen molar-refractivity contribution in [1.29, 1.82) is 0 Å². The number of nitrogens with zero attached hydrogens (tertiary/aromatic N) is 5. The molecule has 3 heterocycles. The van der Waals surface area contributed by atoms with Crippen molar-refractivity contribution in [3.05, 3.63) is 59.2 Å². The van der Waals surface area contributed by atoms with Crippen molar-refractivity contribution in [3.63, 3.8) is 0 Å². The summed E-state index contributed by atoms with van der Waals surface area (Å²) in [5.74, 6) is -1.28. The van der Waals surface area contributed by atoms with E-state index in [1.54, 1.807) is 12.3 Å². The van der Waals surface area contributed by atoms with Crippen LogP contribution in [0.2, 0.25) is 0 Å². The van der Waals surface area contributed by atoms with Gasteiger partial charge in [0.05, 0.1) is 0 Å². The minimum Gasteiger partial charge on any atom is -0.480 e. The van der Waals surface area contributed by atoms with Gasteiger partial charge in [-0.05, 0) is 24.1 Å². The Morgan fingerprint density at radius 3 is 2.68 bits per heavy atom. The van der Waals surface area contributed by atoms with E-state index in [4.69, 9.17) is 0 Å². The van der Waals surface area contributed by atoms with Crippen molar-refractivity contribution in [1.82, 2.24) is 24.5 Å². The monoisotopic (exact) mass is 337 g/mol. The summed E-state index contributed by atoms with van der Waals surface area (Å²) < 4.78 is 1.47. The number of fused-ring (bicyclic) bond motifs is 2. The maximum Gasteiger partial charge on any atom is 0.326 e. The Morgan fingerprint density at radius 2 is 1.96 bits per heavy atom. The third kappa shape index (κ3) is 2.51. The summed E-state index contributed by atoms with van der Waals surface area (Å²) in [4.78, 5) is 34.1. The fraction of sp³-hybridized carbons (Fsp3) is 0.235. The van der Waals surface area contributed by atoms with Gasteiger partial charge in [-0.3, -0.25) is 4.79 Å². The van der Waals surface area contributed by atoms with E-state index in [-0.39, 0.29) is 18.8 Å². The highest BCUT2D eigenvalue weighted by Crippen LogP contribution is 2.24. The van der Waals surface area contributed by atoms with Crippen molar-refractivity contribution in [2.75, 3.05) is 0 Å². The van der Waals surface area contributed by atoms with Crippen LogP contribution in [0.15, 0.2) is 36.5 Å². The summed E-state index contributed by atoms with van der Waals surface area (Å²) in [6, 6.07) is 8.35. The summed E-state index contributed by atoms with van der Waals surface area (Å²) in [6.45, 7) is 2.04. The van der Waals surface area contributed by atoms with Gasteiger partial charge in [0.2, 0.25) is 5.82 Å². The van der Waals surface area contributed by atoms with E-state index >= 15 is 0 Å². The van der Waals surface area contributed by atoms with Crippen LogP contribution in [0.1, 0.15) is 27.4 Å². The van der Waals surface area contributed by atoms with E-state index in [0.29, 0.717) is 5.78 Å². The van der Waals surface area contributed by atoms with Crippen LogP contribution >= 0.6 is 0 Å². The first kappa shape index (κ1) is 15.3. The zero-order valence-corrected chi connectivity index (χ0v) is 13.5. The molecule has 0 bridgehead atoms. The van der Waals surface area contributed by atoms with Crippen LogP contribution in [-0.4, -0.2) is 47.5 Å². The van der Waals surface area contributed by atoms with Crippen molar-refractivity contribution in [2.45, 2.75) is 25.9 Å². The molecule has 0 radical (unpaired) electrons. The number of aromatic nitrogens is 4. The van der Waals surface area contributed by atoms with Gasteiger partial charge in [-0.2, -0.15) is 4.98 Å². The first-order chi connectivity index (χ1) is 12.0. The smallest absolute Gasteiger partial charge is 0.326 e. The van der Waals surface area contributed by atoms with Crippen molar-refractivity contribution < 1.29 is 14.7 Å². The molecule has 1 atom stereocenters. The normalized spacial score (nSPS) is 16.7. The number of amides is 1. The molecule has 0 aliphatic carbocycles. The maximum absolute atomic E-state index is 12.9. The molecule has 3 aromatic rings. The van der Waals surface area contributed by atoms with Gasteiger partial charge < -0.3 is 10.0 Å². The maximum atomic E-state index is 12.9. The van der Waals surface area contributed by atoms with Crippen LogP contribution in [0, 0.1) is 6.92 Å². The molecule has 1 N–H and O–H groups in total. The van der Waals surface area contributed by atoms with Crippen LogP contribution in [0.3, 0.4) is 0 Å². The lowest BCUT2D eigenvalue weighted by atomic mass is 9.94. The lowest BCUT2D eigenvalue weighted by Gasteiger charge is -2.33. The van der Waals surface area contributed by atoms with E-state index in [0.717, 1.165) is 16.8 Å². The number of carboxylic acid groups (broad SMARTS) is 1. The van der Waals surface area contributed by atoms with Gasteiger partial charge in [0.1, 0.15) is 6.04 Å². The number of rotatable bonds is 2. The van der Waals surface area contributed by atoms with Gasteiger partial charge in [-0.15, -0.1) is 5.10 Å². The highest BCUT2D eigenvalue weighted by Gasteiger charge is 2.36. The van der Waals surface area contributed by atoms with Gasteiger partial charge in [-0.1, -0.05) is 24.3 Å². The van der Waals surface area contributed by atoms with Gasteiger partial charge in [0.25, 0.3) is 11.7 Å². The fourth-order valence-corrected chi connectivity index (χ4v) is 3.08. The third-order valence-electron chi connectivity index (χ3n) is 4.42. The minimum absolute atomic E-state index is 0.0487. The van der Waals surface area contributed by atoms with Gasteiger partial charge in [0.15, 0.2) is 0 Å². The molecule has 25 heavy (non-hydrogen) atoms. The molecular weight excluding hydrogens is 322 g/mol. The average molecular weight is 337 g/mol. The first-order valence-electron chi connectivity index (χ1n) is 7.83. The van der Waals surface area contributed by atoms with E-state index < -0.39 is 17.9 Å². The molecule has 0 saturated heterocycles. The van der Waals surface area contributed by atoms with Crippen LogP contribution in [-0.2, 0) is 17.8 Å². The molecule has 1 aliphatic heterocycles. The third-order valence-corrected chi connectivity index (χ3v) is 4.42. The average Bonchev–Trinajstić information content (AvgIpc) is 3.05. The number of carbonyl (C=O) groups excluding carboxylic acids is 1. The Balaban J connectivity index is 1.74. The van der Waals surface area contributed by atoms with Crippen LogP contribution in [0.4, 0.5) is 0 Å². The number of aryl methyl sites for hydroxylation is 1. The van der Waals surface area contributed by atoms with Gasteiger partial charge >= 0.3 is 5.97 Å². The number of carboxylic acids is 1. The fourth-order valence-electron chi connectivity index (χ4n) is 3.08. The predicted molar refractivity (Wildman–Crippen MR) is 87.0 cm³/mol. The zero-order chi connectivity index (χ0) is 17.6. The summed E-state index contributed by atoms with van der Waals surface area (Å²) in [5.41, 5.74) is 2.67. The Kier molecular flexibility index (Phi) is 3.45. The largest absolute Gasteiger partial charge is 0.480 e. The number of hydrogen-bond acceptors (Lipinski definition) is 5. The molecule has 0 fully saturated rings. The molecule has 0 saturated carbocycles. The second kappa shape index (κ2) is 5.66. The molecule has 126 valence electrons. The van der Waals surface area contributed by atoms with E-state index in [9.17, 15) is 14.7 Å². The molecule has 8 heteroatoms. The minimum atomic E-state index is -1.04. The zero-order valence-electron chi connectivity index (χ0n) is 13.5. The highest BCUT2D eigenvalue weighted by atomic mass is 16.4. The van der Waals surface area contributed by atoms with E-state index in [1.165, 1.54) is 9.42 Å². The lowest BCUT2D eigenvalue weighted by molar-refractivity contribution is -0.142. The second-order valence-electron chi connectivity index (χ2n) is 5.99. The molecule has 2 aromatic heterocycles. The number of carbonyl (C=O) groups is 2. The molecule has 1 aromatic carbocycles. The molecule has 8 nitrogen and oxygen atoms in total. The van der Waals surface area contributed by atoms with Crippen molar-refractivity contribution in [3.8, 4) is 0 Å². The Morgan fingerprint density at radius 1 is 1.20 bits per heavy atom. The van der Waals surface area contributed by atoms with Crippen LogP contribution in [0.25, 0.3) is 5.78 Å². The highest BCUT2D eigenvalue weighted by molar-refractivity contribution is 5.94. The first-order valence-corrected chi connectivity index (χ1v) is 7.83. The quantitative estimate of drug-likeness (QED) is 0.751. The second-order valence-corrected chi connectivity index (χ2v) is 5.99. The Bertz CT molecular complexity index is 997. The Labute approximate surface area is 142 Å². The standard InChI is InChI=1S/C17H15N5O3/c1-10-6-7-18-17-19-14(20-22(10)17)15(23)21-9-12-5-3-2-4-11(12)8-13(21)16(24)25/h2-7,13H,8-9H2,1H3,(H,24,25)/t13-/m0/s1. The van der Waals surface area contributed by atoms with Crippen LogP contribution in [0.5, 0.6) is 0 Å². The molecular formula is C17H15N5O3. The summed E-state index contributed by atoms with van der Waals surface area (Å²) in [5, 5.41) is 13.8. The number of aliphatic carboxylic acids is 1. The van der Waals surface area contributed by atoms with E-state index in [1.807, 2.05) is 31.2 Å². The molecule has 0 unspecified atom stereocenters. The SMILES string of the molecule is Cc1ccnc2nc(C(=O)N3Cc4ccccc4C[C@H]3C(=O)O)nn12. The van der Waals surface area contributed by atoms with Crippen molar-refractivity contribution >= 4 is 17.7 Å². The number of hydrogen-bond donors (Lipinski definition) is 1. The topological polar surface area (TPSA) is 101 Å². The molecule has 4 rings (SSSR count).